The lowest BCUT2D eigenvalue weighted by Crippen LogP contribution is -2.44. The van der Waals surface area contributed by atoms with Gasteiger partial charge < -0.3 is 15.0 Å². The van der Waals surface area contributed by atoms with Crippen molar-refractivity contribution in [3.05, 3.63) is 59.4 Å². The minimum atomic E-state index is -0.810. The lowest BCUT2D eigenvalue weighted by molar-refractivity contribution is 0.0349. The summed E-state index contributed by atoms with van der Waals surface area (Å²) in [6.07, 6.45) is 0. The van der Waals surface area contributed by atoms with Crippen LogP contribution in [0.25, 0.3) is 0 Å². The molecule has 0 aliphatic carbocycles. The summed E-state index contributed by atoms with van der Waals surface area (Å²) in [5.41, 5.74) is 1.55. The Morgan fingerprint density at radius 2 is 2.04 bits per heavy atom. The molecular formula is C20H24F2N4O2. The van der Waals surface area contributed by atoms with Crippen LogP contribution in [-0.4, -0.2) is 60.2 Å². The van der Waals surface area contributed by atoms with E-state index in [9.17, 15) is 13.6 Å². The van der Waals surface area contributed by atoms with Crippen LogP contribution in [0.1, 0.15) is 11.4 Å². The van der Waals surface area contributed by atoms with E-state index < -0.39 is 17.7 Å². The highest BCUT2D eigenvalue weighted by Gasteiger charge is 2.19. The second kappa shape index (κ2) is 9.57. The second-order valence-corrected chi connectivity index (χ2v) is 6.70. The van der Waals surface area contributed by atoms with Crippen LogP contribution in [-0.2, 0) is 11.3 Å². The van der Waals surface area contributed by atoms with E-state index in [4.69, 9.17) is 4.74 Å². The van der Waals surface area contributed by atoms with E-state index in [2.05, 4.69) is 15.2 Å². The average Bonchev–Trinajstić information content (AvgIpc) is 2.68. The minimum absolute atomic E-state index is 0.0556. The van der Waals surface area contributed by atoms with Crippen LogP contribution in [0.5, 0.6) is 0 Å². The molecule has 1 aromatic heterocycles. The highest BCUT2D eigenvalue weighted by molar-refractivity contribution is 5.89. The van der Waals surface area contributed by atoms with Gasteiger partial charge >= 0.3 is 6.03 Å². The Balaban J connectivity index is 1.70. The third-order valence-corrected chi connectivity index (χ3v) is 4.55. The summed E-state index contributed by atoms with van der Waals surface area (Å²) in [6.45, 7) is 6.27. The molecule has 8 heteroatoms. The first-order valence-corrected chi connectivity index (χ1v) is 9.25. The van der Waals surface area contributed by atoms with Crippen molar-refractivity contribution in [3.63, 3.8) is 0 Å². The van der Waals surface area contributed by atoms with Gasteiger partial charge in [-0.25, -0.2) is 13.6 Å². The molecule has 1 aromatic carbocycles. The normalized spacial score (nSPS) is 14.7. The first kappa shape index (κ1) is 20.2. The van der Waals surface area contributed by atoms with Crippen molar-refractivity contribution < 1.29 is 18.3 Å². The van der Waals surface area contributed by atoms with E-state index in [1.165, 1.54) is 6.07 Å². The topological polar surface area (TPSA) is 57.7 Å². The Kier molecular flexibility index (Phi) is 6.89. The number of urea groups is 1. The third kappa shape index (κ3) is 5.71. The number of carbonyl (C=O) groups is 1. The molecule has 0 atom stereocenters. The van der Waals surface area contributed by atoms with Crippen molar-refractivity contribution in [2.45, 2.75) is 13.5 Å². The van der Waals surface area contributed by atoms with Crippen molar-refractivity contribution >= 4 is 11.7 Å². The molecule has 2 aromatic rings. The number of nitrogens with one attached hydrogen (secondary N) is 1. The smallest absolute Gasteiger partial charge is 0.322 e. The van der Waals surface area contributed by atoms with E-state index >= 15 is 0 Å². The number of aryl methyl sites for hydroxylation is 1. The zero-order chi connectivity index (χ0) is 19.9. The predicted molar refractivity (Wildman–Crippen MR) is 102 cm³/mol. The van der Waals surface area contributed by atoms with Crippen LogP contribution in [0, 0.1) is 18.6 Å². The Hall–Kier alpha value is -2.58. The third-order valence-electron chi connectivity index (χ3n) is 4.55. The number of pyridine rings is 1. The van der Waals surface area contributed by atoms with Crippen LogP contribution >= 0.6 is 0 Å². The molecule has 2 heterocycles. The molecule has 1 fully saturated rings. The maximum atomic E-state index is 13.9. The van der Waals surface area contributed by atoms with Crippen molar-refractivity contribution in [2.75, 3.05) is 44.7 Å². The molecule has 0 spiro atoms. The monoisotopic (exact) mass is 390 g/mol. The molecular weight excluding hydrogens is 366 g/mol. The van der Waals surface area contributed by atoms with Gasteiger partial charge in [0.2, 0.25) is 0 Å². The number of halogens is 2. The number of benzene rings is 1. The number of rotatable bonds is 6. The molecule has 1 N–H and O–H groups in total. The van der Waals surface area contributed by atoms with Crippen LogP contribution in [0.3, 0.4) is 0 Å². The first-order chi connectivity index (χ1) is 13.5. The summed E-state index contributed by atoms with van der Waals surface area (Å²) < 4.78 is 32.4. The van der Waals surface area contributed by atoms with Crippen molar-refractivity contribution in [3.8, 4) is 0 Å². The average molecular weight is 390 g/mol. The fourth-order valence-corrected chi connectivity index (χ4v) is 3.01. The van der Waals surface area contributed by atoms with Gasteiger partial charge in [-0.3, -0.25) is 9.88 Å². The molecule has 1 aliphatic rings. The van der Waals surface area contributed by atoms with Gasteiger partial charge in [-0.15, -0.1) is 0 Å². The molecule has 0 saturated carbocycles. The van der Waals surface area contributed by atoms with Crippen LogP contribution in [0.2, 0.25) is 0 Å². The summed E-state index contributed by atoms with van der Waals surface area (Å²) in [4.78, 5) is 21.0. The lowest BCUT2D eigenvalue weighted by atomic mass is 10.3. The van der Waals surface area contributed by atoms with Gasteiger partial charge in [0.1, 0.15) is 11.6 Å². The highest BCUT2D eigenvalue weighted by Crippen LogP contribution is 2.16. The molecule has 0 unspecified atom stereocenters. The summed E-state index contributed by atoms with van der Waals surface area (Å²) in [7, 11) is 0. The number of morpholine rings is 1. The van der Waals surface area contributed by atoms with Gasteiger partial charge in [0.15, 0.2) is 0 Å². The SMILES string of the molecule is Cc1cccc(CN(CCN2CCOCC2)C(=O)Nc2ccc(F)cc2F)n1. The Bertz CT molecular complexity index is 813. The number of carbonyl (C=O) groups excluding carboxylic acids is 1. The molecule has 150 valence electrons. The van der Waals surface area contributed by atoms with E-state index in [1.807, 2.05) is 25.1 Å². The van der Waals surface area contributed by atoms with Gasteiger partial charge in [-0.05, 0) is 31.2 Å². The molecule has 28 heavy (non-hydrogen) atoms. The van der Waals surface area contributed by atoms with Crippen molar-refractivity contribution in [2.24, 2.45) is 0 Å². The van der Waals surface area contributed by atoms with Gasteiger partial charge in [0.25, 0.3) is 0 Å². The number of amides is 2. The molecule has 6 nitrogen and oxygen atoms in total. The maximum absolute atomic E-state index is 13.9. The van der Waals surface area contributed by atoms with Crippen LogP contribution < -0.4 is 5.32 Å². The number of hydrogen-bond acceptors (Lipinski definition) is 4. The van der Waals surface area contributed by atoms with Gasteiger partial charge in [-0.2, -0.15) is 0 Å². The Labute approximate surface area is 163 Å². The zero-order valence-electron chi connectivity index (χ0n) is 15.8. The van der Waals surface area contributed by atoms with E-state index in [1.54, 1.807) is 4.90 Å². The van der Waals surface area contributed by atoms with Crippen LogP contribution in [0.15, 0.2) is 36.4 Å². The number of aromatic nitrogens is 1. The largest absolute Gasteiger partial charge is 0.379 e. The number of hydrogen-bond donors (Lipinski definition) is 1. The number of anilines is 1. The van der Waals surface area contributed by atoms with E-state index in [-0.39, 0.29) is 5.69 Å². The summed E-state index contributed by atoms with van der Waals surface area (Å²) in [5, 5.41) is 2.53. The quantitative estimate of drug-likeness (QED) is 0.824. The second-order valence-electron chi connectivity index (χ2n) is 6.70. The molecule has 3 rings (SSSR count). The minimum Gasteiger partial charge on any atom is -0.379 e. The van der Waals surface area contributed by atoms with Crippen molar-refractivity contribution in [1.29, 1.82) is 0 Å². The van der Waals surface area contributed by atoms with Crippen LogP contribution in [0.4, 0.5) is 19.3 Å². The Morgan fingerprint density at radius 3 is 2.75 bits per heavy atom. The van der Waals surface area contributed by atoms with Gasteiger partial charge in [-0.1, -0.05) is 6.07 Å². The molecule has 0 bridgehead atoms. The Morgan fingerprint density at radius 1 is 1.25 bits per heavy atom. The molecule has 1 aliphatic heterocycles. The summed E-state index contributed by atoms with van der Waals surface area (Å²) >= 11 is 0. The standard InChI is InChI=1S/C20H24F2N4O2/c1-15-3-2-4-17(23-15)14-26(8-7-25-9-11-28-12-10-25)20(27)24-19-6-5-16(21)13-18(19)22/h2-6,13H,7-12,14H2,1H3,(H,24,27). The molecule has 0 radical (unpaired) electrons. The highest BCUT2D eigenvalue weighted by atomic mass is 19.1. The van der Waals surface area contributed by atoms with Gasteiger partial charge in [0.05, 0.1) is 31.1 Å². The summed E-state index contributed by atoms with van der Waals surface area (Å²) in [5.74, 6) is -1.50. The van der Waals surface area contributed by atoms with Crippen molar-refractivity contribution in [1.82, 2.24) is 14.8 Å². The number of ether oxygens (including phenoxy) is 1. The van der Waals surface area contributed by atoms with E-state index in [0.29, 0.717) is 32.8 Å². The predicted octanol–water partition coefficient (Wildman–Crippen LogP) is 3.03. The number of nitrogens with zero attached hydrogens (tertiary/aromatic N) is 3. The zero-order valence-corrected chi connectivity index (χ0v) is 15.8. The fraction of sp³-hybridized carbons (Fsp3) is 0.400. The lowest BCUT2D eigenvalue weighted by Gasteiger charge is -2.30. The fourth-order valence-electron chi connectivity index (χ4n) is 3.01. The first-order valence-electron chi connectivity index (χ1n) is 9.25. The molecule has 1 saturated heterocycles. The summed E-state index contributed by atoms with van der Waals surface area (Å²) in [6, 6.07) is 8.23. The molecule has 2 amide bonds. The van der Waals surface area contributed by atoms with E-state index in [0.717, 1.165) is 36.6 Å². The maximum Gasteiger partial charge on any atom is 0.322 e. The van der Waals surface area contributed by atoms with Gasteiger partial charge in [0, 0.05) is 37.9 Å².